The molecule has 0 saturated carbocycles. The molecule has 1 fully saturated rings. The van der Waals surface area contributed by atoms with Crippen molar-refractivity contribution in [1.29, 1.82) is 0 Å². The summed E-state index contributed by atoms with van der Waals surface area (Å²) in [5, 5.41) is 11.3. The second kappa shape index (κ2) is 10.1. The van der Waals surface area contributed by atoms with Crippen molar-refractivity contribution in [3.63, 3.8) is 0 Å². The van der Waals surface area contributed by atoms with Crippen LogP contribution in [0, 0.1) is 10.1 Å². The Kier molecular flexibility index (Phi) is 7.14. The quantitative estimate of drug-likeness (QED) is 0.180. The number of carbonyl (C=O) groups is 2. The summed E-state index contributed by atoms with van der Waals surface area (Å²) in [5.74, 6) is -0.901. The fraction of sp³-hybridized carbons (Fsp3) is 0.0833. The van der Waals surface area contributed by atoms with Crippen LogP contribution in [0.1, 0.15) is 11.1 Å². The van der Waals surface area contributed by atoms with Gasteiger partial charge in [0, 0.05) is 11.1 Å². The zero-order valence-corrected chi connectivity index (χ0v) is 20.2. The average Bonchev–Trinajstić information content (AvgIpc) is 3.12. The highest BCUT2D eigenvalue weighted by Gasteiger charge is 2.36. The van der Waals surface area contributed by atoms with Crippen LogP contribution in [-0.2, 0) is 11.0 Å². The van der Waals surface area contributed by atoms with Crippen LogP contribution < -0.4 is 14.4 Å². The Morgan fingerprint density at radius 1 is 1.00 bits per heavy atom. The van der Waals surface area contributed by atoms with E-state index in [1.165, 1.54) is 43.5 Å². The zero-order chi connectivity index (χ0) is 26.9. The van der Waals surface area contributed by atoms with Crippen molar-refractivity contribution in [2.45, 2.75) is 6.18 Å². The SMILES string of the molecule is COc1cc(/C=C2\SC(=O)N(c3ccc(Cl)cc3)C2=O)ccc1Oc1ccc(C(F)(F)F)cc1[N+](=O)[O-]. The van der Waals surface area contributed by atoms with Gasteiger partial charge in [-0.05, 0) is 71.9 Å². The molecule has 0 aliphatic carbocycles. The van der Waals surface area contributed by atoms with Gasteiger partial charge < -0.3 is 9.47 Å². The van der Waals surface area contributed by atoms with E-state index < -0.39 is 39.2 Å². The minimum atomic E-state index is -4.77. The maximum atomic E-state index is 13.0. The van der Waals surface area contributed by atoms with E-state index in [1.807, 2.05) is 0 Å². The van der Waals surface area contributed by atoms with Gasteiger partial charge in [-0.3, -0.25) is 19.7 Å². The molecule has 0 radical (unpaired) electrons. The Labute approximate surface area is 216 Å². The molecular weight excluding hydrogens is 537 g/mol. The van der Waals surface area contributed by atoms with Crippen LogP contribution in [-0.4, -0.2) is 23.2 Å². The summed E-state index contributed by atoms with van der Waals surface area (Å²) in [6.07, 6.45) is -3.32. The molecule has 1 aliphatic heterocycles. The number of ether oxygens (including phenoxy) is 2. The Hall–Kier alpha value is -4.03. The molecule has 0 atom stereocenters. The van der Waals surface area contributed by atoms with Crippen molar-refractivity contribution in [3.8, 4) is 17.2 Å². The number of hydrogen-bond donors (Lipinski definition) is 0. The summed E-state index contributed by atoms with van der Waals surface area (Å²) in [7, 11) is 1.29. The van der Waals surface area contributed by atoms with Crippen LogP contribution in [0.25, 0.3) is 6.08 Å². The molecule has 0 bridgehead atoms. The highest BCUT2D eigenvalue weighted by atomic mass is 35.5. The van der Waals surface area contributed by atoms with Gasteiger partial charge in [-0.1, -0.05) is 17.7 Å². The van der Waals surface area contributed by atoms with Gasteiger partial charge in [0.05, 0.1) is 28.2 Å². The second-order valence-electron chi connectivity index (χ2n) is 7.44. The number of amides is 2. The zero-order valence-electron chi connectivity index (χ0n) is 18.6. The van der Waals surface area contributed by atoms with E-state index in [4.69, 9.17) is 21.1 Å². The van der Waals surface area contributed by atoms with Crippen molar-refractivity contribution in [2.24, 2.45) is 0 Å². The number of benzene rings is 3. The lowest BCUT2D eigenvalue weighted by Crippen LogP contribution is -2.27. The second-order valence-corrected chi connectivity index (χ2v) is 8.87. The Morgan fingerprint density at radius 3 is 2.30 bits per heavy atom. The first-order chi connectivity index (χ1) is 17.5. The molecule has 8 nitrogen and oxygen atoms in total. The number of carbonyl (C=O) groups excluding carboxylic acids is 2. The van der Waals surface area contributed by atoms with Crippen LogP contribution in [0.5, 0.6) is 17.2 Å². The number of imide groups is 1. The molecule has 13 heteroatoms. The van der Waals surface area contributed by atoms with Crippen molar-refractivity contribution in [2.75, 3.05) is 12.0 Å². The molecule has 3 aromatic rings. The summed E-state index contributed by atoms with van der Waals surface area (Å²) >= 11 is 6.59. The van der Waals surface area contributed by atoms with Gasteiger partial charge in [0.2, 0.25) is 5.75 Å². The molecule has 1 saturated heterocycles. The van der Waals surface area contributed by atoms with Gasteiger partial charge in [-0.15, -0.1) is 0 Å². The van der Waals surface area contributed by atoms with Crippen LogP contribution in [0.15, 0.2) is 65.6 Å². The largest absolute Gasteiger partial charge is 0.493 e. The summed E-state index contributed by atoms with van der Waals surface area (Å²) in [6.45, 7) is 0. The summed E-state index contributed by atoms with van der Waals surface area (Å²) < 4.78 is 49.7. The van der Waals surface area contributed by atoms with Gasteiger partial charge in [0.15, 0.2) is 11.5 Å². The smallest absolute Gasteiger partial charge is 0.416 e. The van der Waals surface area contributed by atoms with Crippen molar-refractivity contribution >= 4 is 52.0 Å². The topological polar surface area (TPSA) is 99.0 Å². The number of alkyl halides is 3. The highest BCUT2D eigenvalue weighted by Crippen LogP contribution is 2.41. The standard InChI is InChI=1S/C24H14ClF3N2O6S/c1-35-20-10-13(11-21-22(31)29(23(32)37-21)16-6-4-15(25)5-7-16)2-8-19(20)36-18-9-3-14(24(26,27)28)12-17(18)30(33)34/h2-12H,1H3/b21-11-. The Bertz CT molecular complexity index is 1440. The molecule has 1 aliphatic rings. The number of anilines is 1. The van der Waals surface area contributed by atoms with E-state index in [0.717, 1.165) is 22.7 Å². The van der Waals surface area contributed by atoms with Crippen LogP contribution in [0.4, 0.5) is 29.3 Å². The molecule has 3 aromatic carbocycles. The lowest BCUT2D eigenvalue weighted by molar-refractivity contribution is -0.385. The number of nitro benzene ring substituents is 1. The molecule has 0 unspecified atom stereocenters. The third-order valence-electron chi connectivity index (χ3n) is 5.07. The third kappa shape index (κ3) is 5.54. The van der Waals surface area contributed by atoms with E-state index in [9.17, 15) is 32.9 Å². The van der Waals surface area contributed by atoms with E-state index >= 15 is 0 Å². The van der Waals surface area contributed by atoms with Crippen LogP contribution in [0.2, 0.25) is 5.02 Å². The summed E-state index contributed by atoms with van der Waals surface area (Å²) in [6, 6.07) is 12.4. The first-order valence-corrected chi connectivity index (χ1v) is 11.4. The first kappa shape index (κ1) is 26.0. The molecule has 37 heavy (non-hydrogen) atoms. The van der Waals surface area contributed by atoms with Crippen LogP contribution >= 0.6 is 23.4 Å². The highest BCUT2D eigenvalue weighted by molar-refractivity contribution is 8.19. The molecular formula is C24H14ClF3N2O6S. The van der Waals surface area contributed by atoms with Crippen molar-refractivity contribution in [1.82, 2.24) is 0 Å². The minimum Gasteiger partial charge on any atom is -0.493 e. The van der Waals surface area contributed by atoms with Gasteiger partial charge in [0.25, 0.3) is 11.1 Å². The normalized spacial score (nSPS) is 14.8. The molecule has 190 valence electrons. The fourth-order valence-corrected chi connectivity index (χ4v) is 4.30. The number of nitro groups is 1. The maximum absolute atomic E-state index is 13.0. The monoisotopic (exact) mass is 550 g/mol. The molecule has 4 rings (SSSR count). The minimum absolute atomic E-state index is 0.0169. The first-order valence-electron chi connectivity index (χ1n) is 10.2. The lowest BCUT2D eigenvalue weighted by Gasteiger charge is -2.13. The molecule has 0 aromatic heterocycles. The number of hydrogen-bond acceptors (Lipinski definition) is 7. The molecule has 2 amide bonds. The number of methoxy groups -OCH3 is 1. The Morgan fingerprint density at radius 2 is 1.68 bits per heavy atom. The molecule has 0 N–H and O–H groups in total. The predicted molar refractivity (Wildman–Crippen MR) is 131 cm³/mol. The van der Waals surface area contributed by atoms with E-state index in [2.05, 4.69) is 0 Å². The number of rotatable bonds is 6. The average molecular weight is 551 g/mol. The number of halogens is 4. The van der Waals surface area contributed by atoms with Crippen molar-refractivity contribution in [3.05, 3.63) is 91.8 Å². The van der Waals surface area contributed by atoms with Gasteiger partial charge in [-0.2, -0.15) is 13.2 Å². The van der Waals surface area contributed by atoms with Gasteiger partial charge >= 0.3 is 11.9 Å². The lowest BCUT2D eigenvalue weighted by atomic mass is 10.1. The maximum Gasteiger partial charge on any atom is 0.416 e. The number of nitrogens with zero attached hydrogens (tertiary/aromatic N) is 2. The summed E-state index contributed by atoms with van der Waals surface area (Å²) in [4.78, 5) is 36.8. The van der Waals surface area contributed by atoms with Crippen molar-refractivity contribution < 1.29 is 37.2 Å². The fourth-order valence-electron chi connectivity index (χ4n) is 3.33. The van der Waals surface area contributed by atoms with Gasteiger partial charge in [0.1, 0.15) is 0 Å². The predicted octanol–water partition coefficient (Wildman–Crippen LogP) is 7.31. The number of thioether (sulfide) groups is 1. The summed E-state index contributed by atoms with van der Waals surface area (Å²) in [5.41, 5.74) is -1.28. The Balaban J connectivity index is 1.61. The van der Waals surface area contributed by atoms with E-state index in [1.54, 1.807) is 12.1 Å². The molecule has 0 spiro atoms. The van der Waals surface area contributed by atoms with Gasteiger partial charge in [-0.25, -0.2) is 4.90 Å². The third-order valence-corrected chi connectivity index (χ3v) is 6.19. The molecule has 1 heterocycles. The van der Waals surface area contributed by atoms with Crippen LogP contribution in [0.3, 0.4) is 0 Å². The van der Waals surface area contributed by atoms with E-state index in [-0.39, 0.29) is 16.4 Å². The van der Waals surface area contributed by atoms with E-state index in [0.29, 0.717) is 28.4 Å².